The van der Waals surface area contributed by atoms with Crippen LogP contribution in [0.25, 0.3) is 0 Å². The molecule has 13 heavy (non-hydrogen) atoms. The third-order valence-electron chi connectivity index (χ3n) is 1.66. The molecule has 0 amide bonds. The molecular formula is C8H10O4S. The summed E-state index contributed by atoms with van der Waals surface area (Å²) in [7, 11) is -2.83. The zero-order chi connectivity index (χ0) is 10.1. The first-order valence-corrected chi connectivity index (χ1v) is 5.02. The van der Waals surface area contributed by atoms with Crippen molar-refractivity contribution in [1.29, 1.82) is 0 Å². The van der Waals surface area contributed by atoms with Crippen LogP contribution < -0.4 is 4.74 Å². The summed E-state index contributed by atoms with van der Waals surface area (Å²) < 4.78 is 35.4. The number of hydrogen-bond donors (Lipinski definition) is 1. The first-order valence-electron chi connectivity index (χ1n) is 3.58. The highest BCUT2D eigenvalue weighted by Crippen LogP contribution is 2.26. The van der Waals surface area contributed by atoms with Crippen LogP contribution in [0, 0.1) is 6.92 Å². The molecule has 0 heterocycles. The predicted molar refractivity (Wildman–Crippen MR) is 47.5 cm³/mol. The Hall–Kier alpha value is -1.07. The van der Waals surface area contributed by atoms with Crippen molar-refractivity contribution in [2.75, 3.05) is 7.11 Å². The molecule has 5 heteroatoms. The average molecular weight is 202 g/mol. The van der Waals surface area contributed by atoms with Crippen molar-refractivity contribution in [1.82, 2.24) is 0 Å². The van der Waals surface area contributed by atoms with Gasteiger partial charge in [-0.05, 0) is 18.6 Å². The van der Waals surface area contributed by atoms with E-state index in [1.807, 2.05) is 0 Å². The van der Waals surface area contributed by atoms with Crippen molar-refractivity contribution in [3.63, 3.8) is 0 Å². The Bertz CT molecular complexity index is 408. The zero-order valence-corrected chi connectivity index (χ0v) is 8.13. The molecule has 0 bridgehead atoms. The molecule has 0 atom stereocenters. The van der Waals surface area contributed by atoms with Gasteiger partial charge in [-0.1, -0.05) is 12.1 Å². The molecule has 0 radical (unpaired) electrons. The van der Waals surface area contributed by atoms with E-state index in [9.17, 15) is 8.42 Å². The fraction of sp³-hybridized carbons (Fsp3) is 0.250. The Morgan fingerprint density at radius 2 is 2.00 bits per heavy atom. The van der Waals surface area contributed by atoms with Crippen LogP contribution in [0.5, 0.6) is 5.75 Å². The van der Waals surface area contributed by atoms with Crippen molar-refractivity contribution in [2.45, 2.75) is 11.8 Å². The Labute approximate surface area is 76.9 Å². The topological polar surface area (TPSA) is 63.6 Å². The summed E-state index contributed by atoms with van der Waals surface area (Å²) >= 11 is 0. The molecule has 0 saturated carbocycles. The maximum absolute atomic E-state index is 10.8. The Kier molecular flexibility index (Phi) is 2.58. The van der Waals surface area contributed by atoms with Crippen molar-refractivity contribution >= 4 is 10.1 Å². The fourth-order valence-electron chi connectivity index (χ4n) is 1.09. The van der Waals surface area contributed by atoms with E-state index in [4.69, 9.17) is 9.29 Å². The Morgan fingerprint density at radius 3 is 2.38 bits per heavy atom. The smallest absolute Gasteiger partial charge is 0.298 e. The number of hydrogen-bond acceptors (Lipinski definition) is 3. The van der Waals surface area contributed by atoms with Gasteiger partial charge in [0.1, 0.15) is 10.6 Å². The highest BCUT2D eigenvalue weighted by atomic mass is 32.2. The van der Waals surface area contributed by atoms with Crippen LogP contribution in [0.2, 0.25) is 0 Å². The lowest BCUT2D eigenvalue weighted by molar-refractivity contribution is 0.394. The molecular weight excluding hydrogens is 192 g/mol. The van der Waals surface area contributed by atoms with Gasteiger partial charge in [-0.2, -0.15) is 8.42 Å². The van der Waals surface area contributed by atoms with Crippen LogP contribution >= 0.6 is 0 Å². The van der Waals surface area contributed by atoms with Gasteiger partial charge in [0.25, 0.3) is 10.1 Å². The quantitative estimate of drug-likeness (QED) is 0.733. The minimum absolute atomic E-state index is 0.185. The maximum Gasteiger partial charge on any atom is 0.298 e. The van der Waals surface area contributed by atoms with Crippen LogP contribution in [0.15, 0.2) is 23.1 Å². The lowest BCUT2D eigenvalue weighted by Crippen LogP contribution is -2.02. The van der Waals surface area contributed by atoms with Crippen molar-refractivity contribution in [3.05, 3.63) is 23.8 Å². The highest BCUT2D eigenvalue weighted by molar-refractivity contribution is 7.86. The van der Waals surface area contributed by atoms with Gasteiger partial charge >= 0.3 is 0 Å². The first kappa shape index (κ1) is 10.0. The largest absolute Gasteiger partial charge is 0.495 e. The number of benzene rings is 1. The third kappa shape index (κ3) is 1.99. The third-order valence-corrected chi connectivity index (χ3v) is 2.54. The van der Waals surface area contributed by atoms with Crippen LogP contribution in [0.4, 0.5) is 0 Å². The maximum atomic E-state index is 10.8. The van der Waals surface area contributed by atoms with E-state index in [2.05, 4.69) is 0 Å². The Morgan fingerprint density at radius 1 is 1.38 bits per heavy atom. The molecule has 4 nitrogen and oxygen atoms in total. The molecule has 1 aromatic carbocycles. The molecule has 0 aliphatic heterocycles. The van der Waals surface area contributed by atoms with Gasteiger partial charge in [0, 0.05) is 0 Å². The standard InChI is InChI=1S/C8H10O4S/c1-6-4-3-5-7(8(6)12-2)13(9,10)11/h3-5H,1-2H3,(H,9,10,11). The van der Waals surface area contributed by atoms with Crippen molar-refractivity contribution in [3.8, 4) is 5.75 Å². The minimum atomic E-state index is -4.19. The second-order valence-corrected chi connectivity index (χ2v) is 3.97. The van der Waals surface area contributed by atoms with Crippen molar-refractivity contribution < 1.29 is 17.7 Å². The Balaban J connectivity index is 3.47. The summed E-state index contributed by atoms with van der Waals surface area (Å²) in [6, 6.07) is 4.54. The predicted octanol–water partition coefficient (Wildman–Crippen LogP) is 1.25. The molecule has 0 aromatic heterocycles. The van der Waals surface area contributed by atoms with Gasteiger partial charge < -0.3 is 4.74 Å². The molecule has 0 aliphatic carbocycles. The minimum Gasteiger partial charge on any atom is -0.495 e. The fourth-order valence-corrected chi connectivity index (χ4v) is 1.82. The second kappa shape index (κ2) is 3.35. The highest BCUT2D eigenvalue weighted by Gasteiger charge is 2.16. The lowest BCUT2D eigenvalue weighted by atomic mass is 10.2. The van der Waals surface area contributed by atoms with Gasteiger partial charge in [-0.25, -0.2) is 0 Å². The van der Waals surface area contributed by atoms with E-state index < -0.39 is 10.1 Å². The summed E-state index contributed by atoms with van der Waals surface area (Å²) in [6.07, 6.45) is 0. The zero-order valence-electron chi connectivity index (χ0n) is 7.31. The molecule has 0 unspecified atom stereocenters. The SMILES string of the molecule is COc1c(C)cccc1S(=O)(=O)O. The van der Waals surface area contributed by atoms with E-state index >= 15 is 0 Å². The summed E-state index contributed by atoms with van der Waals surface area (Å²) in [5, 5.41) is 0. The normalized spacial score (nSPS) is 11.3. The van der Waals surface area contributed by atoms with Crippen LogP contribution in [0.3, 0.4) is 0 Å². The molecule has 0 fully saturated rings. The summed E-state index contributed by atoms with van der Waals surface area (Å²) in [5.41, 5.74) is 0.664. The van der Waals surface area contributed by atoms with E-state index in [0.29, 0.717) is 5.56 Å². The molecule has 1 rings (SSSR count). The number of methoxy groups -OCH3 is 1. The number of para-hydroxylation sites is 1. The van der Waals surface area contributed by atoms with E-state index in [-0.39, 0.29) is 10.6 Å². The number of ether oxygens (including phenoxy) is 1. The molecule has 0 spiro atoms. The van der Waals surface area contributed by atoms with Crippen LogP contribution in [-0.2, 0) is 10.1 Å². The van der Waals surface area contributed by atoms with E-state index in [1.165, 1.54) is 13.2 Å². The summed E-state index contributed by atoms with van der Waals surface area (Å²) in [5.74, 6) is 0.185. The van der Waals surface area contributed by atoms with Gasteiger partial charge in [-0.15, -0.1) is 0 Å². The second-order valence-electron chi connectivity index (χ2n) is 2.58. The van der Waals surface area contributed by atoms with Crippen molar-refractivity contribution in [2.24, 2.45) is 0 Å². The average Bonchev–Trinajstić information content (AvgIpc) is 2.02. The van der Waals surface area contributed by atoms with Gasteiger partial charge in [0.2, 0.25) is 0 Å². The van der Waals surface area contributed by atoms with E-state index in [1.54, 1.807) is 19.1 Å². The van der Waals surface area contributed by atoms with Gasteiger partial charge in [0.05, 0.1) is 7.11 Å². The first-order chi connectivity index (χ1) is 5.96. The molecule has 0 aliphatic rings. The van der Waals surface area contributed by atoms with Gasteiger partial charge in [0.15, 0.2) is 0 Å². The van der Waals surface area contributed by atoms with Crippen LogP contribution in [0.1, 0.15) is 5.56 Å². The number of aryl methyl sites for hydroxylation is 1. The molecule has 1 N–H and O–H groups in total. The molecule has 0 saturated heterocycles. The summed E-state index contributed by atoms with van der Waals surface area (Å²) in [6.45, 7) is 1.70. The van der Waals surface area contributed by atoms with E-state index in [0.717, 1.165) is 0 Å². The number of rotatable bonds is 2. The summed E-state index contributed by atoms with van der Waals surface area (Å²) in [4.78, 5) is -0.199. The lowest BCUT2D eigenvalue weighted by Gasteiger charge is -2.07. The van der Waals surface area contributed by atoms with Gasteiger partial charge in [-0.3, -0.25) is 4.55 Å². The molecule has 1 aromatic rings. The molecule has 72 valence electrons. The van der Waals surface area contributed by atoms with Crippen LogP contribution in [-0.4, -0.2) is 20.1 Å². The monoisotopic (exact) mass is 202 g/mol.